The van der Waals surface area contributed by atoms with Gasteiger partial charge < -0.3 is 38.8 Å². The van der Waals surface area contributed by atoms with Gasteiger partial charge in [-0.2, -0.15) is 0 Å². The van der Waals surface area contributed by atoms with E-state index in [1.54, 1.807) is 6.92 Å². The molecule has 0 amide bonds. The fraction of sp³-hybridized carbons (Fsp3) is 0.897. The molecule has 10 heteroatoms. The Kier molecular flexibility index (Phi) is 9.04. The van der Waals surface area contributed by atoms with Crippen molar-refractivity contribution < 1.29 is 38.7 Å². The Morgan fingerprint density at radius 3 is 2.38 bits per heavy atom. The quantitative estimate of drug-likeness (QED) is 0.273. The molecule has 4 rings (SSSR count). The summed E-state index contributed by atoms with van der Waals surface area (Å²) in [6.45, 7) is 13.5. The fourth-order valence-electron chi connectivity index (χ4n) is 7.32. The first-order chi connectivity index (χ1) is 18.1. The summed E-state index contributed by atoms with van der Waals surface area (Å²) in [5, 5.41) is 23.3. The minimum atomic E-state index is -1.08. The van der Waals surface area contributed by atoms with Gasteiger partial charge in [0, 0.05) is 23.2 Å². The highest BCUT2D eigenvalue weighted by Gasteiger charge is 2.65. The summed E-state index contributed by atoms with van der Waals surface area (Å²) >= 11 is 3.65. The predicted octanol–water partition coefficient (Wildman–Crippen LogP) is 3.39. The highest BCUT2D eigenvalue weighted by Crippen LogP contribution is 2.56. The number of hydrogen-bond acceptors (Lipinski definition) is 9. The van der Waals surface area contributed by atoms with Crippen LogP contribution in [0.3, 0.4) is 0 Å². The smallest absolute Gasteiger partial charge is 0.311 e. The number of esters is 1. The Hall–Kier alpha value is -0.590. The second kappa shape index (κ2) is 11.2. The Morgan fingerprint density at radius 1 is 1.13 bits per heavy atom. The summed E-state index contributed by atoms with van der Waals surface area (Å²) in [5.41, 5.74) is -0.894. The van der Waals surface area contributed by atoms with Crippen molar-refractivity contribution in [2.75, 3.05) is 19.4 Å². The molecule has 4 aliphatic heterocycles. The maximum Gasteiger partial charge on any atom is 0.311 e. The lowest BCUT2D eigenvalue weighted by atomic mass is 9.78. The van der Waals surface area contributed by atoms with Gasteiger partial charge in [0.15, 0.2) is 12.1 Å². The molecule has 39 heavy (non-hydrogen) atoms. The van der Waals surface area contributed by atoms with Gasteiger partial charge in [0.2, 0.25) is 0 Å². The highest BCUT2D eigenvalue weighted by atomic mass is 79.9. The monoisotopic (exact) mass is 617 g/mol. The van der Waals surface area contributed by atoms with Crippen LogP contribution >= 0.6 is 15.9 Å². The number of hydrogen-bond donors (Lipinski definition) is 2. The first-order valence-electron chi connectivity index (χ1n) is 14.3. The third kappa shape index (κ3) is 5.38. The molecule has 4 aliphatic rings. The number of rotatable bonds is 5. The summed E-state index contributed by atoms with van der Waals surface area (Å²) in [7, 11) is 3.86. The molecular weight excluding hydrogens is 570 g/mol. The number of alkyl halides is 1. The van der Waals surface area contributed by atoms with Gasteiger partial charge in [-0.15, -0.1) is 0 Å². The number of aliphatic hydroxyl groups excluding tert-OH is 2. The molecule has 3 bridgehead atoms. The van der Waals surface area contributed by atoms with Gasteiger partial charge in [0.25, 0.3) is 0 Å². The highest BCUT2D eigenvalue weighted by molar-refractivity contribution is 9.09. The molecule has 0 aromatic carbocycles. The van der Waals surface area contributed by atoms with Crippen molar-refractivity contribution in [2.45, 2.75) is 128 Å². The summed E-state index contributed by atoms with van der Waals surface area (Å²) in [5.74, 6) is -2.99. The average molecular weight is 619 g/mol. The maximum atomic E-state index is 13.3. The van der Waals surface area contributed by atoms with E-state index < -0.39 is 65.5 Å². The molecule has 1 spiro atoms. The molecule has 0 aliphatic carbocycles. The van der Waals surface area contributed by atoms with Crippen LogP contribution in [0.1, 0.15) is 67.7 Å². The predicted molar refractivity (Wildman–Crippen MR) is 149 cm³/mol. The SMILES string of the molecule is CC[C@H]1OC(=O)[C@H](C)[C@@H](O)[C@H](C)[C@@H](O[C@@H]2O[C@H](C)C[C@H](N(C)C)[C@H]2O)[C@@]2(C)C[C@@H](C)C3(OC1(C)C=C3CBr)O2. The zero-order valence-electron chi connectivity index (χ0n) is 24.8. The molecule has 3 saturated heterocycles. The van der Waals surface area contributed by atoms with E-state index in [4.69, 9.17) is 23.7 Å². The van der Waals surface area contributed by atoms with Gasteiger partial charge in [-0.25, -0.2) is 0 Å². The minimum absolute atomic E-state index is 0.0689. The second-order valence-corrected chi connectivity index (χ2v) is 13.4. The van der Waals surface area contributed by atoms with E-state index in [1.807, 2.05) is 59.7 Å². The molecular formula is C29H48BrNO8. The number of likely N-dealkylation sites (N-methyl/N-ethyl adjacent to an activating group) is 1. The number of fused-ring (bicyclic) bond motifs is 2. The van der Waals surface area contributed by atoms with Gasteiger partial charge >= 0.3 is 5.97 Å². The van der Waals surface area contributed by atoms with Crippen LogP contribution in [0.25, 0.3) is 0 Å². The maximum absolute atomic E-state index is 13.3. The molecule has 2 N–H and O–H groups in total. The first-order valence-corrected chi connectivity index (χ1v) is 15.5. The van der Waals surface area contributed by atoms with Crippen molar-refractivity contribution in [3.63, 3.8) is 0 Å². The minimum Gasteiger partial charge on any atom is -0.459 e. The van der Waals surface area contributed by atoms with Crippen molar-refractivity contribution in [2.24, 2.45) is 17.8 Å². The topological polar surface area (TPSA) is 107 Å². The number of aliphatic hydroxyl groups is 2. The van der Waals surface area contributed by atoms with Crippen LogP contribution in [0.5, 0.6) is 0 Å². The Labute approximate surface area is 241 Å². The number of cyclic esters (lactones) is 1. The largest absolute Gasteiger partial charge is 0.459 e. The zero-order valence-corrected chi connectivity index (χ0v) is 26.4. The van der Waals surface area contributed by atoms with E-state index in [-0.39, 0.29) is 18.1 Å². The van der Waals surface area contributed by atoms with Gasteiger partial charge in [-0.1, -0.05) is 36.7 Å². The molecule has 2 unspecified atom stereocenters. The van der Waals surface area contributed by atoms with Crippen LogP contribution in [0.4, 0.5) is 0 Å². The van der Waals surface area contributed by atoms with Crippen molar-refractivity contribution >= 4 is 21.9 Å². The third-order valence-electron chi connectivity index (χ3n) is 9.50. The lowest BCUT2D eigenvalue weighted by Crippen LogP contribution is -2.59. The Bertz CT molecular complexity index is 948. The van der Waals surface area contributed by atoms with Gasteiger partial charge in [0.05, 0.1) is 29.8 Å². The Balaban J connectivity index is 1.79. The summed E-state index contributed by atoms with van der Waals surface area (Å²) in [6, 6.07) is -0.158. The normalized spacial score (nSPS) is 50.8. The number of nitrogens with zero attached hydrogens (tertiary/aromatic N) is 1. The van der Waals surface area contributed by atoms with E-state index in [0.29, 0.717) is 24.6 Å². The van der Waals surface area contributed by atoms with Gasteiger partial charge in [-0.05, 0) is 72.7 Å². The molecule has 13 atom stereocenters. The average Bonchev–Trinajstić information content (AvgIpc) is 3.31. The number of carbonyl (C=O) groups is 1. The second-order valence-electron chi connectivity index (χ2n) is 12.9. The molecule has 224 valence electrons. The summed E-state index contributed by atoms with van der Waals surface area (Å²) in [4.78, 5) is 15.3. The van der Waals surface area contributed by atoms with E-state index in [9.17, 15) is 15.0 Å². The summed E-state index contributed by atoms with van der Waals surface area (Å²) in [6.07, 6.45) is -0.528. The molecule has 4 heterocycles. The molecule has 0 saturated carbocycles. The van der Waals surface area contributed by atoms with Crippen molar-refractivity contribution in [1.29, 1.82) is 0 Å². The van der Waals surface area contributed by atoms with Crippen molar-refractivity contribution in [3.8, 4) is 0 Å². The van der Waals surface area contributed by atoms with E-state index in [0.717, 1.165) is 5.57 Å². The molecule has 9 nitrogen and oxygen atoms in total. The third-order valence-corrected chi connectivity index (χ3v) is 10.1. The number of halogens is 1. The van der Waals surface area contributed by atoms with Crippen molar-refractivity contribution in [1.82, 2.24) is 4.90 Å². The zero-order chi connectivity index (χ0) is 29.1. The van der Waals surface area contributed by atoms with Crippen LogP contribution in [0, 0.1) is 17.8 Å². The van der Waals surface area contributed by atoms with Gasteiger partial charge in [-0.3, -0.25) is 4.79 Å². The van der Waals surface area contributed by atoms with E-state index in [1.165, 1.54) is 0 Å². The van der Waals surface area contributed by atoms with Gasteiger partial charge in [0.1, 0.15) is 17.8 Å². The Morgan fingerprint density at radius 2 is 1.79 bits per heavy atom. The summed E-state index contributed by atoms with van der Waals surface area (Å²) < 4.78 is 32.6. The van der Waals surface area contributed by atoms with Crippen molar-refractivity contribution in [3.05, 3.63) is 11.6 Å². The molecule has 3 fully saturated rings. The number of ether oxygens (including phenoxy) is 5. The van der Waals surface area contributed by atoms with E-state index in [2.05, 4.69) is 22.9 Å². The van der Waals surface area contributed by atoms with Crippen LogP contribution in [0.2, 0.25) is 0 Å². The van der Waals surface area contributed by atoms with Crippen LogP contribution < -0.4 is 0 Å². The van der Waals surface area contributed by atoms with Crippen LogP contribution in [-0.2, 0) is 28.5 Å². The van der Waals surface area contributed by atoms with Crippen LogP contribution in [0.15, 0.2) is 11.6 Å². The molecule has 0 radical (unpaired) electrons. The van der Waals surface area contributed by atoms with E-state index >= 15 is 0 Å². The molecule has 0 aromatic rings. The molecule has 0 aromatic heterocycles. The lowest BCUT2D eigenvalue weighted by molar-refractivity contribution is -0.327. The lowest BCUT2D eigenvalue weighted by Gasteiger charge is -2.47. The standard InChI is InChI=1S/C29H48BrNO8/c1-10-21-27(6)13-19(14-30)29(38-27)15(2)12-28(7,39-29)24(17(4)22(32)18(5)25(34)36-21)37-26-23(33)20(31(8)9)11-16(3)35-26/h13,15-18,20-24,26,32-33H,10-12,14H2,1-9H3/t15-,16-,17+,18-,20+,21-,22+,23-,24-,26+,27?,28-,29?/m1/s1. The number of carbonyl (C=O) groups excluding carboxylic acids is 1. The first kappa shape index (κ1) is 31.3. The van der Waals surface area contributed by atoms with Crippen LogP contribution in [-0.4, -0.2) is 100 Å². The fourth-order valence-corrected chi connectivity index (χ4v) is 7.87.